The number of halogens is 1. The molecular weight excluding hydrogens is 328 g/mol. The average molecular weight is 355 g/mol. The third-order valence-corrected chi connectivity index (χ3v) is 4.11. The zero-order chi connectivity index (χ0) is 16.7. The maximum atomic E-state index is 12.2. The van der Waals surface area contributed by atoms with E-state index in [0.29, 0.717) is 18.7 Å². The van der Waals surface area contributed by atoms with Gasteiger partial charge in [-0.25, -0.2) is 0 Å². The lowest BCUT2D eigenvalue weighted by Gasteiger charge is -2.22. The minimum Gasteiger partial charge on any atom is -0.493 e. The summed E-state index contributed by atoms with van der Waals surface area (Å²) in [4.78, 5) is 12.2. The van der Waals surface area contributed by atoms with Gasteiger partial charge in [0, 0.05) is 18.7 Å². The molecular formula is C18H27ClN2O3. The summed E-state index contributed by atoms with van der Waals surface area (Å²) >= 11 is 0. The van der Waals surface area contributed by atoms with Gasteiger partial charge in [0.25, 0.3) is 0 Å². The van der Waals surface area contributed by atoms with Gasteiger partial charge in [-0.15, -0.1) is 19.0 Å². The predicted octanol–water partition coefficient (Wildman–Crippen LogP) is 2.47. The number of benzene rings is 1. The average Bonchev–Trinajstić information content (AvgIpc) is 2.60. The standard InChI is InChI=1S/C18H26N2O3.ClH/c1-4-6-14-9-13(10-16(22-2)17(14)23-3)11-20-18(21)15-7-5-8-19-12-15;/h4,9-10,15,19H,1,5-8,11-12H2,2-3H3,(H,20,21);1H. The van der Waals surface area contributed by atoms with Gasteiger partial charge in [0.1, 0.15) is 0 Å². The van der Waals surface area contributed by atoms with Crippen LogP contribution in [0.1, 0.15) is 24.0 Å². The largest absolute Gasteiger partial charge is 0.493 e. The monoisotopic (exact) mass is 354 g/mol. The Morgan fingerprint density at radius 3 is 2.79 bits per heavy atom. The molecule has 1 aromatic rings. The summed E-state index contributed by atoms with van der Waals surface area (Å²) in [5, 5.41) is 6.29. The molecule has 134 valence electrons. The number of hydrogen-bond donors (Lipinski definition) is 2. The van der Waals surface area contributed by atoms with Crippen molar-refractivity contribution in [3.8, 4) is 11.5 Å². The first kappa shape index (κ1) is 20.3. The normalized spacial score (nSPS) is 16.7. The van der Waals surface area contributed by atoms with Crippen molar-refractivity contribution >= 4 is 18.3 Å². The van der Waals surface area contributed by atoms with E-state index in [1.165, 1.54) is 0 Å². The van der Waals surface area contributed by atoms with Crippen molar-refractivity contribution in [2.45, 2.75) is 25.8 Å². The van der Waals surface area contributed by atoms with Gasteiger partial charge in [-0.1, -0.05) is 6.08 Å². The zero-order valence-electron chi connectivity index (χ0n) is 14.4. The van der Waals surface area contributed by atoms with Crippen LogP contribution in [0.25, 0.3) is 0 Å². The van der Waals surface area contributed by atoms with Crippen LogP contribution < -0.4 is 20.1 Å². The predicted molar refractivity (Wildman–Crippen MR) is 98.1 cm³/mol. The lowest BCUT2D eigenvalue weighted by molar-refractivity contribution is -0.125. The van der Waals surface area contributed by atoms with Crippen molar-refractivity contribution in [1.29, 1.82) is 0 Å². The highest BCUT2D eigenvalue weighted by molar-refractivity contribution is 5.85. The van der Waals surface area contributed by atoms with Crippen LogP contribution >= 0.6 is 12.4 Å². The molecule has 1 atom stereocenters. The van der Waals surface area contributed by atoms with Crippen molar-refractivity contribution in [1.82, 2.24) is 10.6 Å². The smallest absolute Gasteiger partial charge is 0.224 e. The van der Waals surface area contributed by atoms with Crippen molar-refractivity contribution in [2.24, 2.45) is 5.92 Å². The summed E-state index contributed by atoms with van der Waals surface area (Å²) < 4.78 is 10.8. The second-order valence-corrected chi connectivity index (χ2v) is 5.74. The van der Waals surface area contributed by atoms with Gasteiger partial charge in [0.05, 0.1) is 20.1 Å². The van der Waals surface area contributed by atoms with Crippen LogP contribution in [-0.4, -0.2) is 33.2 Å². The van der Waals surface area contributed by atoms with Crippen LogP contribution in [0.5, 0.6) is 11.5 Å². The van der Waals surface area contributed by atoms with Crippen LogP contribution in [0.3, 0.4) is 0 Å². The van der Waals surface area contributed by atoms with E-state index >= 15 is 0 Å². The fraction of sp³-hybridized carbons (Fsp3) is 0.500. The molecule has 1 aliphatic rings. The molecule has 5 nitrogen and oxygen atoms in total. The summed E-state index contributed by atoms with van der Waals surface area (Å²) in [6.07, 6.45) is 4.52. The van der Waals surface area contributed by atoms with Gasteiger partial charge in [-0.3, -0.25) is 4.79 Å². The number of carbonyl (C=O) groups excluding carboxylic acids is 1. The van der Waals surface area contributed by atoms with Crippen LogP contribution in [0.15, 0.2) is 24.8 Å². The molecule has 1 aromatic carbocycles. The quantitative estimate of drug-likeness (QED) is 0.738. The Bertz CT molecular complexity index is 557. The van der Waals surface area contributed by atoms with Crippen LogP contribution in [0.4, 0.5) is 0 Å². The van der Waals surface area contributed by atoms with Crippen LogP contribution in [-0.2, 0) is 17.8 Å². The second-order valence-electron chi connectivity index (χ2n) is 5.74. The van der Waals surface area contributed by atoms with E-state index < -0.39 is 0 Å². The first-order valence-corrected chi connectivity index (χ1v) is 8.02. The number of piperidine rings is 1. The zero-order valence-corrected chi connectivity index (χ0v) is 15.2. The molecule has 1 aliphatic heterocycles. The van der Waals surface area contributed by atoms with E-state index in [0.717, 1.165) is 42.8 Å². The molecule has 2 N–H and O–H groups in total. The molecule has 0 saturated carbocycles. The summed E-state index contributed by atoms with van der Waals surface area (Å²) in [5.74, 6) is 1.57. The highest BCUT2D eigenvalue weighted by atomic mass is 35.5. The summed E-state index contributed by atoms with van der Waals surface area (Å²) in [5.41, 5.74) is 2.00. The van der Waals surface area contributed by atoms with E-state index in [1.807, 2.05) is 18.2 Å². The number of hydrogen-bond acceptors (Lipinski definition) is 4. The minimum atomic E-state index is 0. The van der Waals surface area contributed by atoms with Gasteiger partial charge in [-0.2, -0.15) is 0 Å². The fourth-order valence-corrected chi connectivity index (χ4v) is 2.92. The van der Waals surface area contributed by atoms with E-state index in [2.05, 4.69) is 17.2 Å². The lowest BCUT2D eigenvalue weighted by atomic mass is 9.98. The number of allylic oxidation sites excluding steroid dienone is 1. The topological polar surface area (TPSA) is 59.6 Å². The SMILES string of the molecule is C=CCc1cc(CNC(=O)C2CCCNC2)cc(OC)c1OC.Cl. The highest BCUT2D eigenvalue weighted by Gasteiger charge is 2.20. The molecule has 0 aromatic heterocycles. The van der Waals surface area contributed by atoms with Crippen molar-refractivity contribution in [2.75, 3.05) is 27.3 Å². The van der Waals surface area contributed by atoms with Gasteiger partial charge in [0.15, 0.2) is 11.5 Å². The van der Waals surface area contributed by atoms with Crippen LogP contribution in [0.2, 0.25) is 0 Å². The van der Waals surface area contributed by atoms with Crippen molar-refractivity contribution < 1.29 is 14.3 Å². The Balaban J connectivity index is 0.00000288. The Kier molecular flexibility index (Phi) is 8.65. The van der Waals surface area contributed by atoms with E-state index in [1.54, 1.807) is 14.2 Å². The summed E-state index contributed by atoms with van der Waals surface area (Å²) in [6, 6.07) is 3.94. The molecule has 0 aliphatic carbocycles. The van der Waals surface area contributed by atoms with Crippen molar-refractivity contribution in [3.05, 3.63) is 35.9 Å². The van der Waals surface area contributed by atoms with Gasteiger partial charge < -0.3 is 20.1 Å². The van der Waals surface area contributed by atoms with Crippen molar-refractivity contribution in [3.63, 3.8) is 0 Å². The number of amides is 1. The number of methoxy groups -OCH3 is 2. The van der Waals surface area contributed by atoms with Gasteiger partial charge in [-0.05, 0) is 43.5 Å². The fourth-order valence-electron chi connectivity index (χ4n) is 2.92. The molecule has 0 radical (unpaired) electrons. The Morgan fingerprint density at radius 2 is 2.21 bits per heavy atom. The molecule has 1 heterocycles. The Hall–Kier alpha value is -1.72. The molecule has 1 saturated heterocycles. The summed E-state index contributed by atoms with van der Waals surface area (Å²) in [7, 11) is 3.24. The first-order chi connectivity index (χ1) is 11.2. The molecule has 1 unspecified atom stereocenters. The highest BCUT2D eigenvalue weighted by Crippen LogP contribution is 2.33. The van der Waals surface area contributed by atoms with E-state index in [-0.39, 0.29) is 24.2 Å². The number of carbonyl (C=O) groups is 1. The molecule has 2 rings (SSSR count). The molecule has 1 fully saturated rings. The van der Waals surface area contributed by atoms with E-state index in [4.69, 9.17) is 9.47 Å². The maximum absolute atomic E-state index is 12.2. The second kappa shape index (κ2) is 10.2. The first-order valence-electron chi connectivity index (χ1n) is 8.02. The lowest BCUT2D eigenvalue weighted by Crippen LogP contribution is -2.40. The van der Waals surface area contributed by atoms with E-state index in [9.17, 15) is 4.79 Å². The third kappa shape index (κ3) is 5.14. The minimum absolute atomic E-state index is 0. The molecule has 6 heteroatoms. The maximum Gasteiger partial charge on any atom is 0.224 e. The molecule has 0 bridgehead atoms. The molecule has 24 heavy (non-hydrogen) atoms. The molecule has 1 amide bonds. The van der Waals surface area contributed by atoms with Gasteiger partial charge >= 0.3 is 0 Å². The Morgan fingerprint density at radius 1 is 1.42 bits per heavy atom. The number of ether oxygens (including phenoxy) is 2. The van der Waals surface area contributed by atoms with Crippen LogP contribution in [0, 0.1) is 5.92 Å². The number of rotatable bonds is 7. The van der Waals surface area contributed by atoms with Gasteiger partial charge in [0.2, 0.25) is 5.91 Å². The molecule has 0 spiro atoms. The Labute approximate surface area is 150 Å². The number of nitrogens with one attached hydrogen (secondary N) is 2. The summed E-state index contributed by atoms with van der Waals surface area (Å²) in [6.45, 7) is 6.03. The third-order valence-electron chi connectivity index (χ3n) is 4.11.